The molecule has 1 rings (SSSR count). The lowest BCUT2D eigenvalue weighted by Crippen LogP contribution is -2.36. The lowest BCUT2D eigenvalue weighted by molar-refractivity contribution is -0.133. The summed E-state index contributed by atoms with van der Waals surface area (Å²) in [5.41, 5.74) is 5.58. The first-order valence-electron chi connectivity index (χ1n) is 7.87. The summed E-state index contributed by atoms with van der Waals surface area (Å²) in [6.07, 6.45) is 0. The summed E-state index contributed by atoms with van der Waals surface area (Å²) in [6, 6.07) is 4.65. The number of ether oxygens (including phenoxy) is 1. The van der Waals surface area contributed by atoms with Gasteiger partial charge in [-0.25, -0.2) is 0 Å². The molecule has 0 fully saturated rings. The number of nitrogens with zero attached hydrogens (tertiary/aromatic N) is 1. The van der Waals surface area contributed by atoms with Crippen molar-refractivity contribution >= 4 is 47.4 Å². The minimum atomic E-state index is -0.421. The van der Waals surface area contributed by atoms with Crippen molar-refractivity contribution in [3.63, 3.8) is 0 Å². The van der Waals surface area contributed by atoms with E-state index in [0.717, 1.165) is 0 Å². The topological polar surface area (TPSA) is 114 Å². The van der Waals surface area contributed by atoms with Crippen molar-refractivity contribution in [1.82, 2.24) is 10.2 Å². The van der Waals surface area contributed by atoms with E-state index in [1.807, 2.05) is 13.8 Å². The maximum Gasteiger partial charge on any atom is 0.260 e. The molecule has 10 heteroatoms. The van der Waals surface area contributed by atoms with Crippen molar-refractivity contribution in [1.29, 1.82) is 0 Å². The molecule has 1 aromatic rings. The SMILES string of the molecule is CCN(CC)C(=O)COc1ccc(NC(=O)CNC(=O)CN)cc1Cl.Cl. The van der Waals surface area contributed by atoms with Crippen LogP contribution >= 0.6 is 24.0 Å². The molecule has 0 radical (unpaired) electrons. The number of halogens is 2. The van der Waals surface area contributed by atoms with E-state index in [1.54, 1.807) is 17.0 Å². The van der Waals surface area contributed by atoms with Crippen LogP contribution in [0.1, 0.15) is 13.8 Å². The minimum Gasteiger partial charge on any atom is -0.482 e. The van der Waals surface area contributed by atoms with E-state index < -0.39 is 11.8 Å². The van der Waals surface area contributed by atoms with Gasteiger partial charge in [0.15, 0.2) is 6.61 Å². The highest BCUT2D eigenvalue weighted by molar-refractivity contribution is 6.32. The maximum atomic E-state index is 11.9. The molecule has 0 unspecified atom stereocenters. The number of hydrogen-bond acceptors (Lipinski definition) is 5. The van der Waals surface area contributed by atoms with Gasteiger partial charge in [0.2, 0.25) is 11.8 Å². The van der Waals surface area contributed by atoms with Gasteiger partial charge >= 0.3 is 0 Å². The molecular weight excluding hydrogens is 383 g/mol. The van der Waals surface area contributed by atoms with Gasteiger partial charge in [0.05, 0.1) is 18.1 Å². The van der Waals surface area contributed by atoms with E-state index in [9.17, 15) is 14.4 Å². The summed E-state index contributed by atoms with van der Waals surface area (Å²) in [5, 5.41) is 5.20. The van der Waals surface area contributed by atoms with Crippen LogP contribution in [0.2, 0.25) is 5.02 Å². The highest BCUT2D eigenvalue weighted by atomic mass is 35.5. The quantitative estimate of drug-likeness (QED) is 0.566. The van der Waals surface area contributed by atoms with Crippen LogP contribution in [0, 0.1) is 0 Å². The third kappa shape index (κ3) is 7.90. The number of nitrogens with two attached hydrogens (primary N) is 1. The predicted octanol–water partition coefficient (Wildman–Crippen LogP) is 1.02. The minimum absolute atomic E-state index is 0. The molecule has 0 saturated carbocycles. The van der Waals surface area contributed by atoms with E-state index in [0.29, 0.717) is 24.5 Å². The molecule has 0 aliphatic heterocycles. The first kappa shape index (κ1) is 24.0. The van der Waals surface area contributed by atoms with Crippen LogP contribution in [-0.4, -0.2) is 55.4 Å². The van der Waals surface area contributed by atoms with Gasteiger partial charge < -0.3 is 26.0 Å². The zero-order chi connectivity index (χ0) is 18.8. The van der Waals surface area contributed by atoms with Gasteiger partial charge in [-0.1, -0.05) is 11.6 Å². The lowest BCUT2D eigenvalue weighted by Gasteiger charge is -2.19. The molecule has 0 aliphatic rings. The number of anilines is 1. The van der Waals surface area contributed by atoms with Crippen LogP contribution in [0.15, 0.2) is 18.2 Å². The molecule has 0 aliphatic carbocycles. The zero-order valence-electron chi connectivity index (χ0n) is 14.7. The molecule has 0 aromatic heterocycles. The van der Waals surface area contributed by atoms with Crippen LogP contribution in [0.25, 0.3) is 0 Å². The molecule has 0 saturated heterocycles. The number of carbonyl (C=O) groups excluding carboxylic acids is 3. The lowest BCUT2D eigenvalue weighted by atomic mass is 10.3. The second kappa shape index (κ2) is 12.3. The Labute approximate surface area is 163 Å². The Hall–Kier alpha value is -2.03. The third-order valence-electron chi connectivity index (χ3n) is 3.31. The van der Waals surface area contributed by atoms with Crippen LogP contribution in [0.4, 0.5) is 5.69 Å². The van der Waals surface area contributed by atoms with Crippen LogP contribution in [-0.2, 0) is 14.4 Å². The summed E-state index contributed by atoms with van der Waals surface area (Å²) < 4.78 is 5.43. The number of likely N-dealkylation sites (N-methyl/N-ethyl adjacent to an activating group) is 1. The number of carbonyl (C=O) groups is 3. The largest absolute Gasteiger partial charge is 0.482 e. The van der Waals surface area contributed by atoms with Crippen molar-refractivity contribution < 1.29 is 19.1 Å². The summed E-state index contributed by atoms with van der Waals surface area (Å²) in [6.45, 7) is 4.51. The number of hydrogen-bond donors (Lipinski definition) is 3. The van der Waals surface area contributed by atoms with E-state index in [1.165, 1.54) is 6.07 Å². The van der Waals surface area contributed by atoms with E-state index in [2.05, 4.69) is 10.6 Å². The summed E-state index contributed by atoms with van der Waals surface area (Å²) in [4.78, 5) is 36.3. The Bertz CT molecular complexity index is 624. The number of amides is 3. The molecule has 0 spiro atoms. The molecule has 146 valence electrons. The summed E-state index contributed by atoms with van der Waals surface area (Å²) in [5.74, 6) is -0.622. The second-order valence-electron chi connectivity index (χ2n) is 5.03. The zero-order valence-corrected chi connectivity index (χ0v) is 16.3. The van der Waals surface area contributed by atoms with Crippen molar-refractivity contribution in [2.45, 2.75) is 13.8 Å². The van der Waals surface area contributed by atoms with Gasteiger partial charge in [-0.05, 0) is 32.0 Å². The van der Waals surface area contributed by atoms with Gasteiger partial charge in [-0.3, -0.25) is 14.4 Å². The van der Waals surface area contributed by atoms with E-state index in [-0.39, 0.29) is 43.0 Å². The van der Waals surface area contributed by atoms with Gasteiger partial charge in [0, 0.05) is 18.8 Å². The highest BCUT2D eigenvalue weighted by Crippen LogP contribution is 2.27. The average molecular weight is 407 g/mol. The van der Waals surface area contributed by atoms with Gasteiger partial charge in [-0.2, -0.15) is 0 Å². The third-order valence-corrected chi connectivity index (χ3v) is 3.61. The van der Waals surface area contributed by atoms with Crippen molar-refractivity contribution in [3.8, 4) is 5.75 Å². The Kier molecular flexibility index (Phi) is 11.4. The second-order valence-corrected chi connectivity index (χ2v) is 5.44. The molecule has 3 amide bonds. The summed E-state index contributed by atoms with van der Waals surface area (Å²) >= 11 is 6.11. The Morgan fingerprint density at radius 1 is 1.19 bits per heavy atom. The fourth-order valence-corrected chi connectivity index (χ4v) is 2.19. The Morgan fingerprint density at radius 2 is 1.85 bits per heavy atom. The van der Waals surface area contributed by atoms with Crippen LogP contribution < -0.4 is 21.1 Å². The number of nitrogens with one attached hydrogen (secondary N) is 2. The number of benzene rings is 1. The average Bonchev–Trinajstić information content (AvgIpc) is 2.60. The molecule has 0 bridgehead atoms. The van der Waals surface area contributed by atoms with Gasteiger partial charge in [0.25, 0.3) is 5.91 Å². The number of rotatable bonds is 9. The fourth-order valence-electron chi connectivity index (χ4n) is 1.96. The molecule has 4 N–H and O–H groups in total. The van der Waals surface area contributed by atoms with Crippen molar-refractivity contribution in [2.75, 3.05) is 38.1 Å². The Morgan fingerprint density at radius 3 is 2.38 bits per heavy atom. The van der Waals surface area contributed by atoms with Crippen molar-refractivity contribution in [2.24, 2.45) is 5.73 Å². The molecular formula is C16H24Cl2N4O4. The van der Waals surface area contributed by atoms with Crippen LogP contribution in [0.3, 0.4) is 0 Å². The fraction of sp³-hybridized carbons (Fsp3) is 0.438. The molecule has 8 nitrogen and oxygen atoms in total. The van der Waals surface area contributed by atoms with E-state index >= 15 is 0 Å². The monoisotopic (exact) mass is 406 g/mol. The normalized spacial score (nSPS) is 9.69. The van der Waals surface area contributed by atoms with Crippen LogP contribution in [0.5, 0.6) is 5.75 Å². The summed E-state index contributed by atoms with van der Waals surface area (Å²) in [7, 11) is 0. The van der Waals surface area contributed by atoms with Gasteiger partial charge in [-0.15, -0.1) is 12.4 Å². The molecule has 26 heavy (non-hydrogen) atoms. The standard InChI is InChI=1S/C16H23ClN4O4.ClH/c1-3-21(4-2)16(24)10-25-13-6-5-11(7-12(13)17)20-15(23)9-19-14(22)8-18;/h5-7H,3-4,8-10,18H2,1-2H3,(H,19,22)(H,20,23);1H. The van der Waals surface area contributed by atoms with Crippen molar-refractivity contribution in [3.05, 3.63) is 23.2 Å². The Balaban J connectivity index is 0.00000625. The predicted molar refractivity (Wildman–Crippen MR) is 103 cm³/mol. The first-order valence-corrected chi connectivity index (χ1v) is 8.25. The molecule has 1 aromatic carbocycles. The first-order chi connectivity index (χ1) is 11.9. The highest BCUT2D eigenvalue weighted by Gasteiger charge is 2.12. The molecule has 0 atom stereocenters. The van der Waals surface area contributed by atoms with E-state index in [4.69, 9.17) is 22.1 Å². The maximum absolute atomic E-state index is 11.9. The van der Waals surface area contributed by atoms with Gasteiger partial charge in [0.1, 0.15) is 5.75 Å². The molecule has 0 heterocycles. The smallest absolute Gasteiger partial charge is 0.260 e.